The molecule has 1 aromatic carbocycles. The third-order valence-corrected chi connectivity index (χ3v) is 3.78. The molecule has 2 atom stereocenters. The van der Waals surface area contributed by atoms with Gasteiger partial charge in [-0.15, -0.1) is 0 Å². The summed E-state index contributed by atoms with van der Waals surface area (Å²) in [5.41, 5.74) is 3.35. The molecular formula is C16H27NO2. The maximum atomic E-state index is 9.43. The fourth-order valence-corrected chi connectivity index (χ4v) is 2.26. The quantitative estimate of drug-likeness (QED) is 0.831. The zero-order valence-electron chi connectivity index (χ0n) is 13.0. The van der Waals surface area contributed by atoms with Crippen LogP contribution in [0.5, 0.6) is 5.75 Å². The van der Waals surface area contributed by atoms with Gasteiger partial charge in [-0.2, -0.15) is 0 Å². The van der Waals surface area contributed by atoms with Crippen molar-refractivity contribution in [2.75, 3.05) is 13.7 Å². The summed E-state index contributed by atoms with van der Waals surface area (Å²) in [7, 11) is 1.87. The van der Waals surface area contributed by atoms with E-state index >= 15 is 0 Å². The Hall–Kier alpha value is -1.06. The third kappa shape index (κ3) is 4.22. The minimum absolute atomic E-state index is 0.0458. The van der Waals surface area contributed by atoms with Crippen LogP contribution in [0, 0.1) is 20.8 Å². The van der Waals surface area contributed by atoms with Crippen LogP contribution in [0.15, 0.2) is 12.1 Å². The Morgan fingerprint density at radius 3 is 2.47 bits per heavy atom. The Bertz CT molecular complexity index is 425. The van der Waals surface area contributed by atoms with E-state index in [9.17, 15) is 5.11 Å². The van der Waals surface area contributed by atoms with E-state index in [0.717, 1.165) is 12.2 Å². The molecule has 108 valence electrons. The zero-order valence-corrected chi connectivity index (χ0v) is 13.0. The lowest BCUT2D eigenvalue weighted by Crippen LogP contribution is -2.46. The summed E-state index contributed by atoms with van der Waals surface area (Å²) in [6.45, 7) is 10.4. The summed E-state index contributed by atoms with van der Waals surface area (Å²) < 4.78 is 6.06. The first-order valence-electron chi connectivity index (χ1n) is 6.85. The largest absolute Gasteiger partial charge is 0.490 e. The maximum absolute atomic E-state index is 9.43. The molecule has 0 saturated carbocycles. The maximum Gasteiger partial charge on any atom is 0.123 e. The molecule has 0 aliphatic heterocycles. The molecule has 2 unspecified atom stereocenters. The first kappa shape index (κ1) is 16.0. The standard InChI is InChI=1S/C16H27NO2/c1-11-7-12(2)14(4)15(8-11)19-13(3)9-16(5,10-18)17-6/h7-8,13,17-18H,9-10H2,1-6H3. The monoisotopic (exact) mass is 265 g/mol. The smallest absolute Gasteiger partial charge is 0.123 e. The summed E-state index contributed by atoms with van der Waals surface area (Å²) in [5.74, 6) is 0.946. The topological polar surface area (TPSA) is 41.5 Å². The van der Waals surface area contributed by atoms with E-state index in [2.05, 4.69) is 38.2 Å². The zero-order chi connectivity index (χ0) is 14.6. The third-order valence-electron chi connectivity index (χ3n) is 3.78. The Morgan fingerprint density at radius 2 is 1.95 bits per heavy atom. The molecule has 0 saturated heterocycles. The Labute approximate surface area is 117 Å². The van der Waals surface area contributed by atoms with E-state index in [-0.39, 0.29) is 18.2 Å². The molecule has 0 aliphatic rings. The molecule has 0 spiro atoms. The van der Waals surface area contributed by atoms with Crippen molar-refractivity contribution in [1.29, 1.82) is 0 Å². The molecule has 0 bridgehead atoms. The summed E-state index contributed by atoms with van der Waals surface area (Å²) >= 11 is 0. The molecule has 0 heterocycles. The van der Waals surface area contributed by atoms with E-state index in [1.54, 1.807) is 0 Å². The van der Waals surface area contributed by atoms with E-state index in [1.807, 2.05) is 20.9 Å². The lowest BCUT2D eigenvalue weighted by molar-refractivity contribution is 0.115. The highest BCUT2D eigenvalue weighted by molar-refractivity contribution is 5.42. The molecule has 0 aromatic heterocycles. The van der Waals surface area contributed by atoms with Gasteiger partial charge in [-0.3, -0.25) is 0 Å². The van der Waals surface area contributed by atoms with Gasteiger partial charge in [0.1, 0.15) is 5.75 Å². The van der Waals surface area contributed by atoms with Gasteiger partial charge in [-0.1, -0.05) is 6.07 Å². The van der Waals surface area contributed by atoms with Crippen LogP contribution >= 0.6 is 0 Å². The van der Waals surface area contributed by atoms with E-state index < -0.39 is 0 Å². The summed E-state index contributed by atoms with van der Waals surface area (Å²) in [4.78, 5) is 0. The van der Waals surface area contributed by atoms with Crippen molar-refractivity contribution in [3.63, 3.8) is 0 Å². The van der Waals surface area contributed by atoms with Gasteiger partial charge in [-0.05, 0) is 64.4 Å². The van der Waals surface area contributed by atoms with Gasteiger partial charge >= 0.3 is 0 Å². The molecule has 3 nitrogen and oxygen atoms in total. The van der Waals surface area contributed by atoms with Gasteiger partial charge in [0.05, 0.1) is 12.7 Å². The number of nitrogens with one attached hydrogen (secondary N) is 1. The first-order valence-corrected chi connectivity index (χ1v) is 6.85. The van der Waals surface area contributed by atoms with E-state index in [4.69, 9.17) is 4.74 Å². The number of aryl methyl sites for hydroxylation is 2. The number of benzene rings is 1. The van der Waals surface area contributed by atoms with Crippen LogP contribution in [-0.4, -0.2) is 30.4 Å². The van der Waals surface area contributed by atoms with Gasteiger partial charge in [0, 0.05) is 12.0 Å². The molecule has 1 rings (SSSR count). The molecule has 3 heteroatoms. The Kier molecular flexibility index (Phi) is 5.39. The lowest BCUT2D eigenvalue weighted by atomic mass is 9.96. The van der Waals surface area contributed by atoms with Crippen molar-refractivity contribution in [1.82, 2.24) is 5.32 Å². The fraction of sp³-hybridized carbons (Fsp3) is 0.625. The molecule has 0 aliphatic carbocycles. The van der Waals surface area contributed by atoms with Crippen LogP contribution in [0.3, 0.4) is 0 Å². The molecular weight excluding hydrogens is 238 g/mol. The van der Waals surface area contributed by atoms with E-state index in [1.165, 1.54) is 16.7 Å². The molecule has 0 amide bonds. The van der Waals surface area contributed by atoms with Crippen molar-refractivity contribution in [2.24, 2.45) is 0 Å². The van der Waals surface area contributed by atoms with Crippen LogP contribution < -0.4 is 10.1 Å². The number of aliphatic hydroxyl groups excluding tert-OH is 1. The van der Waals surface area contributed by atoms with Gasteiger partial charge in [0.15, 0.2) is 0 Å². The lowest BCUT2D eigenvalue weighted by Gasteiger charge is -2.30. The fourth-order valence-electron chi connectivity index (χ4n) is 2.26. The summed E-state index contributed by atoms with van der Waals surface area (Å²) in [5, 5.41) is 12.6. The average Bonchev–Trinajstić information content (AvgIpc) is 2.35. The average molecular weight is 265 g/mol. The van der Waals surface area contributed by atoms with Crippen LogP contribution in [0.1, 0.15) is 37.0 Å². The second kappa shape index (κ2) is 6.40. The second-order valence-electron chi connectivity index (χ2n) is 5.81. The van der Waals surface area contributed by atoms with Crippen molar-refractivity contribution < 1.29 is 9.84 Å². The van der Waals surface area contributed by atoms with Gasteiger partial charge in [-0.25, -0.2) is 0 Å². The molecule has 1 aromatic rings. The normalized spacial score (nSPS) is 15.9. The molecule has 0 fully saturated rings. The van der Waals surface area contributed by atoms with E-state index in [0.29, 0.717) is 0 Å². The number of rotatable bonds is 6. The highest BCUT2D eigenvalue weighted by atomic mass is 16.5. The highest BCUT2D eigenvalue weighted by Gasteiger charge is 2.25. The van der Waals surface area contributed by atoms with Gasteiger partial charge in [0.25, 0.3) is 0 Å². The molecule has 0 radical (unpaired) electrons. The number of hydrogen-bond donors (Lipinski definition) is 2. The van der Waals surface area contributed by atoms with Crippen LogP contribution in [-0.2, 0) is 0 Å². The number of ether oxygens (including phenoxy) is 1. The van der Waals surface area contributed by atoms with Crippen molar-refractivity contribution in [2.45, 2.75) is 52.7 Å². The van der Waals surface area contributed by atoms with Crippen molar-refractivity contribution in [3.8, 4) is 5.75 Å². The van der Waals surface area contributed by atoms with Crippen LogP contribution in [0.2, 0.25) is 0 Å². The predicted molar refractivity (Wildman–Crippen MR) is 79.9 cm³/mol. The van der Waals surface area contributed by atoms with Gasteiger partial charge in [0.2, 0.25) is 0 Å². The second-order valence-corrected chi connectivity index (χ2v) is 5.81. The first-order chi connectivity index (χ1) is 8.81. The number of hydrogen-bond acceptors (Lipinski definition) is 3. The summed E-state index contributed by atoms with van der Waals surface area (Å²) in [6.07, 6.45) is 0.802. The molecule has 19 heavy (non-hydrogen) atoms. The highest BCUT2D eigenvalue weighted by Crippen LogP contribution is 2.26. The van der Waals surface area contributed by atoms with Crippen LogP contribution in [0.25, 0.3) is 0 Å². The number of aliphatic hydroxyl groups is 1. The number of likely N-dealkylation sites (N-methyl/N-ethyl adjacent to an activating group) is 1. The summed E-state index contributed by atoms with van der Waals surface area (Å²) in [6, 6.07) is 4.24. The Balaban J connectivity index is 2.80. The minimum atomic E-state index is -0.299. The van der Waals surface area contributed by atoms with Crippen LogP contribution in [0.4, 0.5) is 0 Å². The minimum Gasteiger partial charge on any atom is -0.490 e. The Morgan fingerprint density at radius 1 is 1.32 bits per heavy atom. The van der Waals surface area contributed by atoms with Crippen molar-refractivity contribution >= 4 is 0 Å². The van der Waals surface area contributed by atoms with Gasteiger partial charge < -0.3 is 15.2 Å². The molecule has 2 N–H and O–H groups in total. The predicted octanol–water partition coefficient (Wildman–Crippen LogP) is 2.74. The van der Waals surface area contributed by atoms with Crippen molar-refractivity contribution in [3.05, 3.63) is 28.8 Å². The SMILES string of the molecule is CNC(C)(CO)CC(C)Oc1cc(C)cc(C)c1C.